The standard InChI is InChI=1S/C18H24F2N2O/c1-2-17(15-10-12(19)3-6-16(15)20)22-18(23)9-11-7-13-4-5-14(8-11)21-13/h3,6,10-11,13-14,17,21H,2,4-5,7-9H2,1H3,(H,22,23). The zero-order valence-corrected chi connectivity index (χ0v) is 13.4. The first-order valence-electron chi connectivity index (χ1n) is 8.55. The summed E-state index contributed by atoms with van der Waals surface area (Å²) in [4.78, 5) is 12.3. The number of fused-ring (bicyclic) bond motifs is 2. The van der Waals surface area contributed by atoms with E-state index in [1.165, 1.54) is 18.9 Å². The minimum atomic E-state index is -0.482. The van der Waals surface area contributed by atoms with Gasteiger partial charge in [-0.05, 0) is 56.2 Å². The second-order valence-corrected chi connectivity index (χ2v) is 6.87. The fourth-order valence-electron chi connectivity index (χ4n) is 4.04. The third-order valence-electron chi connectivity index (χ3n) is 5.12. The van der Waals surface area contributed by atoms with E-state index in [1.807, 2.05) is 6.92 Å². The molecule has 3 nitrogen and oxygen atoms in total. The number of halogens is 2. The molecular formula is C18H24F2N2O. The molecular weight excluding hydrogens is 298 g/mol. The summed E-state index contributed by atoms with van der Waals surface area (Å²) in [6.45, 7) is 1.86. The highest BCUT2D eigenvalue weighted by Crippen LogP contribution is 2.33. The van der Waals surface area contributed by atoms with Crippen molar-refractivity contribution in [3.63, 3.8) is 0 Å². The molecule has 0 aromatic heterocycles. The highest BCUT2D eigenvalue weighted by molar-refractivity contribution is 5.76. The summed E-state index contributed by atoms with van der Waals surface area (Å²) >= 11 is 0. The number of benzene rings is 1. The molecule has 2 saturated heterocycles. The lowest BCUT2D eigenvalue weighted by molar-refractivity contribution is -0.123. The normalized spacial score (nSPS) is 27.7. The highest BCUT2D eigenvalue weighted by atomic mass is 19.1. The Morgan fingerprint density at radius 3 is 2.65 bits per heavy atom. The molecule has 0 aliphatic carbocycles. The van der Waals surface area contributed by atoms with Crippen molar-refractivity contribution in [2.75, 3.05) is 0 Å². The maximum Gasteiger partial charge on any atom is 0.220 e. The van der Waals surface area contributed by atoms with Crippen LogP contribution in [0.5, 0.6) is 0 Å². The predicted octanol–water partition coefficient (Wildman–Crippen LogP) is 3.45. The molecule has 2 N–H and O–H groups in total. The minimum absolute atomic E-state index is 0.0631. The van der Waals surface area contributed by atoms with Gasteiger partial charge >= 0.3 is 0 Å². The van der Waals surface area contributed by atoms with E-state index in [0.29, 0.717) is 30.8 Å². The SMILES string of the molecule is CCC(NC(=O)CC1CC2CCC(C1)N2)c1cc(F)ccc1F. The van der Waals surface area contributed by atoms with Gasteiger partial charge in [-0.15, -0.1) is 0 Å². The van der Waals surface area contributed by atoms with E-state index in [2.05, 4.69) is 10.6 Å². The Labute approximate surface area is 135 Å². The molecule has 3 atom stereocenters. The summed E-state index contributed by atoms with van der Waals surface area (Å²) in [6.07, 6.45) is 5.49. The van der Waals surface area contributed by atoms with Crippen LogP contribution in [0.4, 0.5) is 8.78 Å². The van der Waals surface area contributed by atoms with Crippen molar-refractivity contribution >= 4 is 5.91 Å². The zero-order chi connectivity index (χ0) is 16.4. The monoisotopic (exact) mass is 322 g/mol. The second-order valence-electron chi connectivity index (χ2n) is 6.87. The molecule has 126 valence electrons. The molecule has 0 spiro atoms. The smallest absolute Gasteiger partial charge is 0.220 e. The molecule has 2 fully saturated rings. The number of carbonyl (C=O) groups excluding carboxylic acids is 1. The molecule has 1 aromatic rings. The molecule has 1 aromatic carbocycles. The van der Waals surface area contributed by atoms with Gasteiger partial charge in [-0.3, -0.25) is 4.79 Å². The van der Waals surface area contributed by atoms with Gasteiger partial charge in [0.05, 0.1) is 6.04 Å². The molecule has 23 heavy (non-hydrogen) atoms. The van der Waals surface area contributed by atoms with Gasteiger partial charge in [-0.1, -0.05) is 6.92 Å². The van der Waals surface area contributed by atoms with Crippen LogP contribution in [-0.2, 0) is 4.79 Å². The van der Waals surface area contributed by atoms with Crippen molar-refractivity contribution < 1.29 is 13.6 Å². The number of amides is 1. The lowest BCUT2D eigenvalue weighted by Gasteiger charge is -2.29. The van der Waals surface area contributed by atoms with Gasteiger partial charge in [-0.2, -0.15) is 0 Å². The first kappa shape index (κ1) is 16.4. The van der Waals surface area contributed by atoms with Gasteiger partial charge in [0.1, 0.15) is 11.6 Å². The maximum absolute atomic E-state index is 13.9. The van der Waals surface area contributed by atoms with Gasteiger partial charge in [0.15, 0.2) is 0 Å². The third kappa shape index (κ3) is 3.89. The minimum Gasteiger partial charge on any atom is -0.349 e. The highest BCUT2D eigenvalue weighted by Gasteiger charge is 2.34. The van der Waals surface area contributed by atoms with Gasteiger partial charge in [0, 0.05) is 24.1 Å². The summed E-state index contributed by atoms with van der Waals surface area (Å²) in [5, 5.41) is 6.44. The van der Waals surface area contributed by atoms with Crippen LogP contribution in [0.25, 0.3) is 0 Å². The van der Waals surface area contributed by atoms with Crippen LogP contribution < -0.4 is 10.6 Å². The van der Waals surface area contributed by atoms with Crippen LogP contribution in [0.1, 0.15) is 57.1 Å². The molecule has 0 radical (unpaired) electrons. The Hall–Kier alpha value is -1.49. The topological polar surface area (TPSA) is 41.1 Å². The summed E-state index contributed by atoms with van der Waals surface area (Å²) in [6, 6.07) is 4.01. The van der Waals surface area contributed by atoms with E-state index in [-0.39, 0.29) is 11.5 Å². The molecule has 5 heteroatoms. The lowest BCUT2D eigenvalue weighted by Crippen LogP contribution is -2.40. The number of carbonyl (C=O) groups is 1. The third-order valence-corrected chi connectivity index (χ3v) is 5.12. The number of rotatable bonds is 5. The van der Waals surface area contributed by atoms with Crippen LogP contribution in [0.15, 0.2) is 18.2 Å². The van der Waals surface area contributed by atoms with Crippen LogP contribution in [0.2, 0.25) is 0 Å². The van der Waals surface area contributed by atoms with Gasteiger partial charge < -0.3 is 10.6 Å². The quantitative estimate of drug-likeness (QED) is 0.872. The molecule has 2 heterocycles. The Morgan fingerprint density at radius 2 is 2.00 bits per heavy atom. The average Bonchev–Trinajstić information content (AvgIpc) is 2.86. The first-order valence-corrected chi connectivity index (χ1v) is 8.55. The Balaban J connectivity index is 1.60. The van der Waals surface area contributed by atoms with E-state index >= 15 is 0 Å². The predicted molar refractivity (Wildman–Crippen MR) is 84.8 cm³/mol. The fourth-order valence-corrected chi connectivity index (χ4v) is 4.04. The largest absolute Gasteiger partial charge is 0.349 e. The number of hydrogen-bond donors (Lipinski definition) is 2. The van der Waals surface area contributed by atoms with Gasteiger partial charge in [0.2, 0.25) is 5.91 Å². The van der Waals surface area contributed by atoms with Crippen molar-refractivity contribution in [1.29, 1.82) is 0 Å². The Kier molecular flexibility index (Phi) is 4.95. The summed E-state index contributed by atoms with van der Waals surface area (Å²) < 4.78 is 27.3. The molecule has 2 aliphatic heterocycles. The van der Waals surface area contributed by atoms with Crippen LogP contribution >= 0.6 is 0 Å². The van der Waals surface area contributed by atoms with E-state index in [0.717, 1.165) is 25.0 Å². The van der Waals surface area contributed by atoms with Crippen molar-refractivity contribution in [2.24, 2.45) is 5.92 Å². The van der Waals surface area contributed by atoms with E-state index in [4.69, 9.17) is 0 Å². The summed E-state index contributed by atoms with van der Waals surface area (Å²) in [7, 11) is 0. The lowest BCUT2D eigenvalue weighted by atomic mass is 9.89. The average molecular weight is 322 g/mol. The van der Waals surface area contributed by atoms with Crippen LogP contribution in [0.3, 0.4) is 0 Å². The number of piperidine rings is 1. The second kappa shape index (κ2) is 6.95. The molecule has 3 unspecified atom stereocenters. The molecule has 1 amide bonds. The van der Waals surface area contributed by atoms with Crippen LogP contribution in [0, 0.1) is 17.6 Å². The fraction of sp³-hybridized carbons (Fsp3) is 0.611. The number of nitrogens with one attached hydrogen (secondary N) is 2. The number of hydrogen-bond acceptors (Lipinski definition) is 2. The van der Waals surface area contributed by atoms with E-state index in [9.17, 15) is 13.6 Å². The molecule has 2 bridgehead atoms. The van der Waals surface area contributed by atoms with Crippen molar-refractivity contribution in [1.82, 2.24) is 10.6 Å². The van der Waals surface area contributed by atoms with E-state index in [1.54, 1.807) is 0 Å². The molecule has 3 rings (SSSR count). The van der Waals surface area contributed by atoms with Crippen LogP contribution in [-0.4, -0.2) is 18.0 Å². The van der Waals surface area contributed by atoms with E-state index < -0.39 is 17.7 Å². The summed E-state index contributed by atoms with van der Waals surface area (Å²) in [5.74, 6) is -0.627. The Morgan fingerprint density at radius 1 is 1.30 bits per heavy atom. The molecule has 2 aliphatic rings. The summed E-state index contributed by atoms with van der Waals surface area (Å²) in [5.41, 5.74) is 0.228. The first-order chi connectivity index (χ1) is 11.0. The maximum atomic E-state index is 13.9. The Bertz CT molecular complexity index is 566. The van der Waals surface area contributed by atoms with Gasteiger partial charge in [-0.25, -0.2) is 8.78 Å². The van der Waals surface area contributed by atoms with Crippen molar-refractivity contribution in [3.8, 4) is 0 Å². The van der Waals surface area contributed by atoms with Crippen molar-refractivity contribution in [2.45, 2.75) is 63.6 Å². The van der Waals surface area contributed by atoms with Gasteiger partial charge in [0.25, 0.3) is 0 Å². The zero-order valence-electron chi connectivity index (χ0n) is 13.4. The molecule has 0 saturated carbocycles. The van der Waals surface area contributed by atoms with Crippen molar-refractivity contribution in [3.05, 3.63) is 35.4 Å².